The second-order valence-corrected chi connectivity index (χ2v) is 8.40. The van der Waals surface area contributed by atoms with Crippen molar-refractivity contribution < 1.29 is 17.7 Å². The minimum atomic E-state index is -3.95. The highest BCUT2D eigenvalue weighted by Crippen LogP contribution is 2.35. The van der Waals surface area contributed by atoms with Crippen LogP contribution in [0.1, 0.15) is 0 Å². The summed E-state index contributed by atoms with van der Waals surface area (Å²) < 4.78 is 40.1. The third-order valence-corrected chi connectivity index (χ3v) is 6.61. The molecule has 0 saturated heterocycles. The van der Waals surface area contributed by atoms with Crippen LogP contribution in [0.4, 0.5) is 15.8 Å². The lowest BCUT2D eigenvalue weighted by Crippen LogP contribution is -2.11. The Hall–Kier alpha value is -1.23. The molecule has 21 heavy (non-hydrogen) atoms. The van der Waals surface area contributed by atoms with Gasteiger partial charge in [-0.1, -0.05) is 11.6 Å². The SMILES string of the molecule is O=[N+]([O-])c1ccc(NS(=O)(=O)c2cc(Cl)c(Br)s2)cc1F. The standard InChI is InChI=1S/C10H5BrClFN2O4S2/c11-10-6(12)4-9(20-10)21(18,19)14-5-1-2-8(15(16)17)7(13)3-5/h1-4,14H. The number of thiophene rings is 1. The molecule has 11 heteroatoms. The van der Waals surface area contributed by atoms with E-state index in [1.807, 2.05) is 0 Å². The number of hydrogen-bond acceptors (Lipinski definition) is 5. The molecule has 0 saturated carbocycles. The summed E-state index contributed by atoms with van der Waals surface area (Å²) >= 11 is 9.73. The van der Waals surface area contributed by atoms with Gasteiger partial charge in [-0.3, -0.25) is 14.8 Å². The van der Waals surface area contributed by atoms with Gasteiger partial charge in [0.25, 0.3) is 10.0 Å². The second-order valence-electron chi connectivity index (χ2n) is 3.72. The average molecular weight is 416 g/mol. The number of rotatable bonds is 4. The Labute approximate surface area is 135 Å². The fourth-order valence-corrected chi connectivity index (χ4v) is 4.83. The Morgan fingerprint density at radius 2 is 2.05 bits per heavy atom. The molecule has 0 amide bonds. The van der Waals surface area contributed by atoms with Gasteiger partial charge in [-0.2, -0.15) is 4.39 Å². The molecule has 0 fully saturated rings. The molecule has 112 valence electrons. The molecule has 1 aromatic carbocycles. The molecule has 0 aliphatic carbocycles. The molecule has 0 aliphatic heterocycles. The van der Waals surface area contributed by atoms with Gasteiger partial charge in [0.2, 0.25) is 5.82 Å². The Morgan fingerprint density at radius 1 is 1.38 bits per heavy atom. The number of nitro benzene ring substituents is 1. The predicted octanol–water partition coefficient (Wildman–Crippen LogP) is 4.01. The number of hydrogen-bond donors (Lipinski definition) is 1. The highest BCUT2D eigenvalue weighted by Gasteiger charge is 2.21. The third kappa shape index (κ3) is 3.51. The predicted molar refractivity (Wildman–Crippen MR) is 80.9 cm³/mol. The number of benzene rings is 1. The van der Waals surface area contributed by atoms with Crippen molar-refractivity contribution in [1.29, 1.82) is 0 Å². The van der Waals surface area contributed by atoms with Gasteiger partial charge < -0.3 is 0 Å². The molecule has 0 unspecified atom stereocenters. The van der Waals surface area contributed by atoms with E-state index in [2.05, 4.69) is 20.7 Å². The van der Waals surface area contributed by atoms with Crippen molar-refractivity contribution in [3.8, 4) is 0 Å². The molecule has 0 spiro atoms. The van der Waals surface area contributed by atoms with E-state index in [1.165, 1.54) is 6.07 Å². The summed E-state index contributed by atoms with van der Waals surface area (Å²) in [6, 6.07) is 3.95. The number of nitrogens with zero attached hydrogens (tertiary/aromatic N) is 1. The van der Waals surface area contributed by atoms with Crippen molar-refractivity contribution in [2.24, 2.45) is 0 Å². The first-order chi connectivity index (χ1) is 9.70. The van der Waals surface area contributed by atoms with Gasteiger partial charge >= 0.3 is 5.69 Å². The van der Waals surface area contributed by atoms with Crippen LogP contribution in [0.5, 0.6) is 0 Å². The first-order valence-electron chi connectivity index (χ1n) is 5.12. The molecule has 1 N–H and O–H groups in total. The van der Waals surface area contributed by atoms with Gasteiger partial charge in [-0.25, -0.2) is 8.42 Å². The molecule has 0 atom stereocenters. The summed E-state index contributed by atoms with van der Waals surface area (Å²) in [4.78, 5) is 9.59. The molecule has 0 bridgehead atoms. The van der Waals surface area contributed by atoms with Crippen molar-refractivity contribution in [1.82, 2.24) is 0 Å². The second kappa shape index (κ2) is 5.87. The van der Waals surface area contributed by atoms with Gasteiger partial charge in [0.05, 0.1) is 19.4 Å². The third-order valence-electron chi connectivity index (χ3n) is 2.28. The molecule has 0 aliphatic rings. The van der Waals surface area contributed by atoms with E-state index in [-0.39, 0.29) is 14.9 Å². The number of sulfonamides is 1. The van der Waals surface area contributed by atoms with Crippen LogP contribution in [-0.2, 0) is 10.0 Å². The van der Waals surface area contributed by atoms with Crippen molar-refractivity contribution in [2.75, 3.05) is 4.72 Å². The van der Waals surface area contributed by atoms with Crippen molar-refractivity contribution in [2.45, 2.75) is 4.21 Å². The van der Waals surface area contributed by atoms with Crippen LogP contribution < -0.4 is 4.72 Å². The van der Waals surface area contributed by atoms with Gasteiger partial charge in [-0.05, 0) is 28.1 Å². The quantitative estimate of drug-likeness (QED) is 0.603. The van der Waals surface area contributed by atoms with Crippen LogP contribution in [0.15, 0.2) is 32.3 Å². The van der Waals surface area contributed by atoms with Gasteiger partial charge in [0.15, 0.2) is 0 Å². The normalized spacial score (nSPS) is 11.4. The summed E-state index contributed by atoms with van der Waals surface area (Å²) in [6.45, 7) is 0. The zero-order chi connectivity index (χ0) is 15.8. The fraction of sp³-hybridized carbons (Fsp3) is 0. The monoisotopic (exact) mass is 414 g/mol. The molecule has 0 radical (unpaired) electrons. The summed E-state index contributed by atoms with van der Waals surface area (Å²) in [5, 5.41) is 10.7. The zero-order valence-corrected chi connectivity index (χ0v) is 13.8. The zero-order valence-electron chi connectivity index (χ0n) is 9.84. The van der Waals surface area contributed by atoms with Gasteiger partial charge in [-0.15, -0.1) is 11.3 Å². The van der Waals surface area contributed by atoms with Crippen LogP contribution in [0.2, 0.25) is 5.02 Å². The van der Waals surface area contributed by atoms with E-state index < -0.39 is 26.5 Å². The highest BCUT2D eigenvalue weighted by molar-refractivity contribution is 9.11. The first kappa shape index (κ1) is 16.1. The lowest BCUT2D eigenvalue weighted by atomic mass is 10.3. The topological polar surface area (TPSA) is 89.3 Å². The lowest BCUT2D eigenvalue weighted by Gasteiger charge is -2.06. The molecular weight excluding hydrogens is 411 g/mol. The number of anilines is 1. The van der Waals surface area contributed by atoms with E-state index in [0.29, 0.717) is 3.79 Å². The van der Waals surface area contributed by atoms with Crippen LogP contribution in [0, 0.1) is 15.9 Å². The van der Waals surface area contributed by atoms with E-state index in [1.54, 1.807) is 0 Å². The van der Waals surface area contributed by atoms with Crippen LogP contribution in [0.3, 0.4) is 0 Å². The minimum Gasteiger partial charge on any atom is -0.279 e. The van der Waals surface area contributed by atoms with Gasteiger partial charge in [0, 0.05) is 12.1 Å². The maximum atomic E-state index is 13.4. The molecule has 6 nitrogen and oxygen atoms in total. The molecular formula is C10H5BrClFN2O4S2. The van der Waals surface area contributed by atoms with E-state index in [4.69, 9.17) is 11.6 Å². The number of nitro groups is 1. The van der Waals surface area contributed by atoms with E-state index in [9.17, 15) is 22.9 Å². The lowest BCUT2D eigenvalue weighted by molar-refractivity contribution is -0.387. The Morgan fingerprint density at radius 3 is 2.52 bits per heavy atom. The maximum Gasteiger partial charge on any atom is 0.304 e. The van der Waals surface area contributed by atoms with Crippen molar-refractivity contribution >= 4 is 60.3 Å². The van der Waals surface area contributed by atoms with Gasteiger partial charge in [0.1, 0.15) is 4.21 Å². The highest BCUT2D eigenvalue weighted by atomic mass is 79.9. The van der Waals surface area contributed by atoms with E-state index >= 15 is 0 Å². The Kier molecular flexibility index (Phi) is 4.51. The van der Waals surface area contributed by atoms with Crippen LogP contribution >= 0.6 is 38.9 Å². The molecule has 2 aromatic rings. The maximum absolute atomic E-state index is 13.4. The summed E-state index contributed by atoms with van der Waals surface area (Å²) in [6.07, 6.45) is 0. The fourth-order valence-electron chi connectivity index (χ4n) is 1.38. The number of nitrogens with one attached hydrogen (secondary N) is 1. The smallest absolute Gasteiger partial charge is 0.279 e. The molecule has 1 heterocycles. The Balaban J connectivity index is 2.33. The van der Waals surface area contributed by atoms with Crippen molar-refractivity contribution in [3.05, 3.63) is 49.0 Å². The average Bonchev–Trinajstić information content (AvgIpc) is 2.69. The Bertz CT molecular complexity index is 805. The van der Waals surface area contributed by atoms with Crippen molar-refractivity contribution in [3.63, 3.8) is 0 Å². The summed E-state index contributed by atoms with van der Waals surface area (Å²) in [5.41, 5.74) is -0.862. The van der Waals surface area contributed by atoms with Crippen LogP contribution in [-0.4, -0.2) is 13.3 Å². The number of halogens is 3. The molecule has 2 rings (SSSR count). The largest absolute Gasteiger partial charge is 0.304 e. The minimum absolute atomic E-state index is 0.0712. The summed E-state index contributed by atoms with van der Waals surface area (Å²) in [5.74, 6) is -1.13. The summed E-state index contributed by atoms with van der Waals surface area (Å²) in [7, 11) is -3.95. The molecule has 1 aromatic heterocycles. The first-order valence-corrected chi connectivity index (χ1v) is 8.59. The van der Waals surface area contributed by atoms with E-state index in [0.717, 1.165) is 29.5 Å². The van der Waals surface area contributed by atoms with Crippen LogP contribution in [0.25, 0.3) is 0 Å².